The minimum Gasteiger partial charge on any atom is -0.497 e. The first-order valence-corrected chi connectivity index (χ1v) is 8.95. The molecule has 3 aromatic rings. The van der Waals surface area contributed by atoms with Gasteiger partial charge in [-0.3, -0.25) is 0 Å². The third-order valence-corrected chi connectivity index (χ3v) is 4.45. The number of urea groups is 1. The molecule has 6 nitrogen and oxygen atoms in total. The van der Waals surface area contributed by atoms with Crippen LogP contribution in [0.15, 0.2) is 67.3 Å². The van der Waals surface area contributed by atoms with Crippen LogP contribution in [0.2, 0.25) is 0 Å². The average Bonchev–Trinajstić information content (AvgIpc) is 3.25. The summed E-state index contributed by atoms with van der Waals surface area (Å²) in [4.78, 5) is 16.5. The molecule has 140 valence electrons. The number of rotatable bonds is 7. The summed E-state index contributed by atoms with van der Waals surface area (Å²) < 4.78 is 7.12. The molecule has 0 bridgehead atoms. The van der Waals surface area contributed by atoms with Crippen molar-refractivity contribution in [3.8, 4) is 11.4 Å². The third kappa shape index (κ3) is 4.67. The molecule has 1 aromatic heterocycles. The van der Waals surface area contributed by atoms with Gasteiger partial charge in [-0.25, -0.2) is 9.78 Å². The summed E-state index contributed by atoms with van der Waals surface area (Å²) in [6.07, 6.45) is 6.16. The Morgan fingerprint density at radius 1 is 1.19 bits per heavy atom. The number of benzene rings is 2. The lowest BCUT2D eigenvalue weighted by Gasteiger charge is -2.19. The quantitative estimate of drug-likeness (QED) is 0.669. The zero-order chi connectivity index (χ0) is 19.1. The molecule has 0 saturated carbocycles. The minimum atomic E-state index is -0.196. The van der Waals surface area contributed by atoms with Crippen molar-refractivity contribution in [3.63, 3.8) is 0 Å². The van der Waals surface area contributed by atoms with E-state index in [0.29, 0.717) is 6.54 Å². The summed E-state index contributed by atoms with van der Waals surface area (Å²) in [5.41, 5.74) is 3.06. The van der Waals surface area contributed by atoms with Gasteiger partial charge in [-0.05, 0) is 35.7 Å². The predicted molar refractivity (Wildman–Crippen MR) is 105 cm³/mol. The van der Waals surface area contributed by atoms with Crippen LogP contribution in [0.25, 0.3) is 5.69 Å². The van der Waals surface area contributed by atoms with E-state index in [1.807, 2.05) is 66.2 Å². The van der Waals surface area contributed by atoms with Crippen LogP contribution < -0.4 is 15.4 Å². The largest absolute Gasteiger partial charge is 0.497 e. The zero-order valence-corrected chi connectivity index (χ0v) is 15.6. The summed E-state index contributed by atoms with van der Waals surface area (Å²) in [6, 6.07) is 15.4. The maximum atomic E-state index is 12.4. The molecule has 0 fully saturated rings. The molecule has 0 aliphatic carbocycles. The highest BCUT2D eigenvalue weighted by Gasteiger charge is 2.13. The Morgan fingerprint density at radius 3 is 2.63 bits per heavy atom. The lowest BCUT2D eigenvalue weighted by Crippen LogP contribution is -2.37. The van der Waals surface area contributed by atoms with Gasteiger partial charge in [0, 0.05) is 18.9 Å². The number of methoxy groups -OCH3 is 1. The van der Waals surface area contributed by atoms with Crippen molar-refractivity contribution in [1.82, 2.24) is 20.2 Å². The number of nitrogens with one attached hydrogen (secondary N) is 2. The second kappa shape index (κ2) is 8.89. The summed E-state index contributed by atoms with van der Waals surface area (Å²) in [6.45, 7) is 2.47. The Balaban J connectivity index is 1.62. The van der Waals surface area contributed by atoms with E-state index in [4.69, 9.17) is 4.74 Å². The van der Waals surface area contributed by atoms with Crippen LogP contribution in [0.4, 0.5) is 4.79 Å². The monoisotopic (exact) mass is 364 g/mol. The van der Waals surface area contributed by atoms with Crippen LogP contribution in [-0.2, 0) is 6.54 Å². The van der Waals surface area contributed by atoms with Gasteiger partial charge in [-0.1, -0.05) is 37.3 Å². The molecule has 27 heavy (non-hydrogen) atoms. The highest BCUT2D eigenvalue weighted by atomic mass is 16.5. The van der Waals surface area contributed by atoms with E-state index >= 15 is 0 Å². The average molecular weight is 364 g/mol. The topological polar surface area (TPSA) is 68.2 Å². The maximum Gasteiger partial charge on any atom is 0.315 e. The molecule has 2 N–H and O–H groups in total. The third-order valence-electron chi connectivity index (χ3n) is 4.45. The van der Waals surface area contributed by atoms with Gasteiger partial charge in [0.15, 0.2) is 0 Å². The first kappa shape index (κ1) is 18.5. The standard InChI is InChI=1S/C21H24N4O2/c1-3-19(16-8-10-18(27-2)11-9-16)24-21(26)23-14-17-6-4-5-7-20(17)25-13-12-22-15-25/h4-13,15,19H,3,14H2,1-2H3,(H2,23,24,26). The van der Waals surface area contributed by atoms with Crippen LogP contribution in [0.1, 0.15) is 30.5 Å². The lowest BCUT2D eigenvalue weighted by molar-refractivity contribution is 0.236. The summed E-state index contributed by atoms with van der Waals surface area (Å²) in [5.74, 6) is 0.800. The fraction of sp³-hybridized carbons (Fsp3) is 0.238. The molecule has 1 heterocycles. The van der Waals surface area contributed by atoms with Crippen LogP contribution in [0.3, 0.4) is 0 Å². The van der Waals surface area contributed by atoms with E-state index in [9.17, 15) is 4.79 Å². The highest BCUT2D eigenvalue weighted by molar-refractivity contribution is 5.74. The van der Waals surface area contributed by atoms with E-state index in [-0.39, 0.29) is 12.1 Å². The number of hydrogen-bond donors (Lipinski definition) is 2. The van der Waals surface area contributed by atoms with Gasteiger partial charge < -0.3 is 19.9 Å². The van der Waals surface area contributed by atoms with Gasteiger partial charge in [-0.2, -0.15) is 0 Å². The fourth-order valence-electron chi connectivity index (χ4n) is 2.96. The van der Waals surface area contributed by atoms with Gasteiger partial charge in [0.2, 0.25) is 0 Å². The molecule has 1 unspecified atom stereocenters. The SMILES string of the molecule is CCC(NC(=O)NCc1ccccc1-n1ccnc1)c1ccc(OC)cc1. The fourth-order valence-corrected chi connectivity index (χ4v) is 2.96. The van der Waals surface area contributed by atoms with Crippen molar-refractivity contribution >= 4 is 6.03 Å². The second-order valence-electron chi connectivity index (χ2n) is 6.16. The van der Waals surface area contributed by atoms with Crippen molar-refractivity contribution in [2.24, 2.45) is 0 Å². The van der Waals surface area contributed by atoms with E-state index in [0.717, 1.165) is 29.0 Å². The molecule has 3 rings (SSSR count). The lowest BCUT2D eigenvalue weighted by atomic mass is 10.0. The molecule has 0 saturated heterocycles. The second-order valence-corrected chi connectivity index (χ2v) is 6.16. The first-order valence-electron chi connectivity index (χ1n) is 8.95. The van der Waals surface area contributed by atoms with Gasteiger partial charge in [-0.15, -0.1) is 0 Å². The molecule has 6 heteroatoms. The molecule has 2 aromatic carbocycles. The van der Waals surface area contributed by atoms with Crippen LogP contribution in [-0.4, -0.2) is 22.7 Å². The predicted octanol–water partition coefficient (Wildman–Crippen LogP) is 3.83. The van der Waals surface area contributed by atoms with Crippen molar-refractivity contribution in [3.05, 3.63) is 78.4 Å². The first-order chi connectivity index (χ1) is 13.2. The smallest absolute Gasteiger partial charge is 0.315 e. The van der Waals surface area contributed by atoms with Crippen LogP contribution in [0.5, 0.6) is 5.75 Å². The van der Waals surface area contributed by atoms with Crippen molar-refractivity contribution in [2.75, 3.05) is 7.11 Å². The molecule has 2 amide bonds. The summed E-state index contributed by atoms with van der Waals surface area (Å²) in [7, 11) is 1.64. The van der Waals surface area contributed by atoms with E-state index in [1.165, 1.54) is 0 Å². The normalized spacial score (nSPS) is 11.6. The summed E-state index contributed by atoms with van der Waals surface area (Å²) in [5, 5.41) is 5.98. The number of aromatic nitrogens is 2. The van der Waals surface area contributed by atoms with Crippen molar-refractivity contribution in [2.45, 2.75) is 25.9 Å². The number of amides is 2. The number of imidazole rings is 1. The minimum absolute atomic E-state index is 0.0557. The molecule has 0 aliphatic rings. The summed E-state index contributed by atoms with van der Waals surface area (Å²) >= 11 is 0. The molecule has 0 radical (unpaired) electrons. The van der Waals surface area contributed by atoms with Gasteiger partial charge in [0.05, 0.1) is 25.2 Å². The van der Waals surface area contributed by atoms with Crippen molar-refractivity contribution < 1.29 is 9.53 Å². The number of carbonyl (C=O) groups is 1. The van der Waals surface area contributed by atoms with Gasteiger partial charge in [0.1, 0.15) is 5.75 Å². The number of para-hydroxylation sites is 1. The Hall–Kier alpha value is -3.28. The van der Waals surface area contributed by atoms with Crippen LogP contribution >= 0.6 is 0 Å². The molecular formula is C21H24N4O2. The maximum absolute atomic E-state index is 12.4. The van der Waals surface area contributed by atoms with E-state index in [1.54, 1.807) is 19.6 Å². The zero-order valence-electron chi connectivity index (χ0n) is 15.6. The van der Waals surface area contributed by atoms with E-state index < -0.39 is 0 Å². The molecule has 0 aliphatic heterocycles. The van der Waals surface area contributed by atoms with E-state index in [2.05, 4.69) is 15.6 Å². The van der Waals surface area contributed by atoms with Gasteiger partial charge >= 0.3 is 6.03 Å². The Labute approximate surface area is 159 Å². The van der Waals surface area contributed by atoms with Crippen LogP contribution in [0, 0.1) is 0 Å². The molecular weight excluding hydrogens is 340 g/mol. The Kier molecular flexibility index (Phi) is 6.10. The number of carbonyl (C=O) groups excluding carboxylic acids is 1. The highest BCUT2D eigenvalue weighted by Crippen LogP contribution is 2.20. The number of ether oxygens (including phenoxy) is 1. The van der Waals surface area contributed by atoms with Crippen molar-refractivity contribution in [1.29, 1.82) is 0 Å². The number of hydrogen-bond acceptors (Lipinski definition) is 3. The number of nitrogens with zero attached hydrogens (tertiary/aromatic N) is 2. The Bertz CT molecular complexity index is 860. The molecule has 0 spiro atoms. The van der Waals surface area contributed by atoms with Gasteiger partial charge in [0.25, 0.3) is 0 Å². The Morgan fingerprint density at radius 2 is 1.96 bits per heavy atom. The molecule has 1 atom stereocenters.